The summed E-state index contributed by atoms with van der Waals surface area (Å²) in [4.78, 5) is 26.6. The van der Waals surface area contributed by atoms with E-state index in [1.807, 2.05) is 4.90 Å². The molecule has 2 amide bonds. The zero-order valence-electron chi connectivity index (χ0n) is 10.8. The summed E-state index contributed by atoms with van der Waals surface area (Å²) < 4.78 is 0. The number of hydrogen-bond acceptors (Lipinski definition) is 3. The molecule has 0 spiro atoms. The lowest BCUT2D eigenvalue weighted by atomic mass is 9.79. The van der Waals surface area contributed by atoms with Crippen LogP contribution in [-0.4, -0.2) is 60.0 Å². The van der Waals surface area contributed by atoms with Crippen molar-refractivity contribution in [2.75, 3.05) is 32.8 Å². The molecular formula is C13H22N2O3. The van der Waals surface area contributed by atoms with E-state index >= 15 is 0 Å². The average Bonchev–Trinajstić information content (AvgIpc) is 2.46. The van der Waals surface area contributed by atoms with Crippen LogP contribution in [0.3, 0.4) is 0 Å². The first-order valence-corrected chi connectivity index (χ1v) is 6.85. The lowest BCUT2D eigenvalue weighted by Crippen LogP contribution is -2.51. The van der Waals surface area contributed by atoms with Crippen molar-refractivity contribution in [2.45, 2.75) is 25.7 Å². The van der Waals surface area contributed by atoms with Crippen LogP contribution in [0.1, 0.15) is 25.7 Å². The molecule has 2 atom stereocenters. The van der Waals surface area contributed by atoms with Gasteiger partial charge in [0.1, 0.15) is 0 Å². The fourth-order valence-electron chi connectivity index (χ4n) is 3.03. The first-order chi connectivity index (χ1) is 8.76. The number of rotatable bonds is 3. The summed E-state index contributed by atoms with van der Waals surface area (Å²) >= 11 is 0. The van der Waals surface area contributed by atoms with Gasteiger partial charge in [-0.15, -0.1) is 0 Å². The van der Waals surface area contributed by atoms with Crippen LogP contribution in [0.2, 0.25) is 0 Å². The lowest BCUT2D eigenvalue weighted by molar-refractivity contribution is -0.142. The maximum atomic E-state index is 12.4. The van der Waals surface area contributed by atoms with Gasteiger partial charge in [0.2, 0.25) is 12.3 Å². The van der Waals surface area contributed by atoms with E-state index in [2.05, 4.69) is 0 Å². The van der Waals surface area contributed by atoms with Gasteiger partial charge in [0.05, 0.1) is 0 Å². The van der Waals surface area contributed by atoms with Crippen LogP contribution in [0.25, 0.3) is 0 Å². The third-order valence-corrected chi connectivity index (χ3v) is 4.24. The predicted molar refractivity (Wildman–Crippen MR) is 66.8 cm³/mol. The second-order valence-electron chi connectivity index (χ2n) is 5.30. The number of aliphatic hydroxyl groups is 1. The molecule has 2 rings (SSSR count). The highest BCUT2D eigenvalue weighted by molar-refractivity contribution is 5.79. The molecule has 0 aromatic rings. The Morgan fingerprint density at radius 2 is 1.83 bits per heavy atom. The molecule has 2 aliphatic rings. The zero-order valence-corrected chi connectivity index (χ0v) is 10.8. The van der Waals surface area contributed by atoms with Gasteiger partial charge in [0, 0.05) is 38.7 Å². The van der Waals surface area contributed by atoms with Crippen LogP contribution in [0.15, 0.2) is 0 Å². The standard InChI is InChI=1S/C13H22N2O3/c16-9-11-3-1-2-4-12(11)13(18)15-7-5-14(10-17)6-8-15/h10-12,16H,1-9H2. The molecule has 102 valence electrons. The van der Waals surface area contributed by atoms with Crippen molar-refractivity contribution in [3.8, 4) is 0 Å². The fraction of sp³-hybridized carbons (Fsp3) is 0.846. The molecule has 18 heavy (non-hydrogen) atoms. The van der Waals surface area contributed by atoms with Gasteiger partial charge in [-0.2, -0.15) is 0 Å². The minimum atomic E-state index is -0.00784. The maximum Gasteiger partial charge on any atom is 0.226 e. The highest BCUT2D eigenvalue weighted by Crippen LogP contribution is 2.31. The van der Waals surface area contributed by atoms with Crippen LogP contribution in [-0.2, 0) is 9.59 Å². The van der Waals surface area contributed by atoms with Crippen LogP contribution >= 0.6 is 0 Å². The Morgan fingerprint density at radius 3 is 2.44 bits per heavy atom. The Bertz CT molecular complexity index is 301. The molecule has 1 N–H and O–H groups in total. The van der Waals surface area contributed by atoms with Gasteiger partial charge in [-0.25, -0.2) is 0 Å². The van der Waals surface area contributed by atoms with Crippen molar-refractivity contribution < 1.29 is 14.7 Å². The van der Waals surface area contributed by atoms with Gasteiger partial charge in [0.25, 0.3) is 0 Å². The van der Waals surface area contributed by atoms with Crippen molar-refractivity contribution in [1.82, 2.24) is 9.80 Å². The van der Waals surface area contributed by atoms with Crippen LogP contribution in [0, 0.1) is 11.8 Å². The quantitative estimate of drug-likeness (QED) is 0.726. The second-order valence-corrected chi connectivity index (χ2v) is 5.30. The molecule has 2 fully saturated rings. The predicted octanol–water partition coefficient (Wildman–Crippen LogP) is 0.0857. The number of aliphatic hydroxyl groups excluding tert-OH is 1. The zero-order chi connectivity index (χ0) is 13.0. The van der Waals surface area contributed by atoms with E-state index in [9.17, 15) is 14.7 Å². The van der Waals surface area contributed by atoms with Gasteiger partial charge in [-0.05, 0) is 18.8 Å². The number of piperazine rings is 1. The van der Waals surface area contributed by atoms with E-state index in [0.717, 1.165) is 32.1 Å². The monoisotopic (exact) mass is 254 g/mol. The molecular weight excluding hydrogens is 232 g/mol. The Balaban J connectivity index is 1.92. The van der Waals surface area contributed by atoms with Crippen molar-refractivity contribution >= 4 is 12.3 Å². The van der Waals surface area contributed by atoms with E-state index in [0.29, 0.717) is 26.2 Å². The third-order valence-electron chi connectivity index (χ3n) is 4.24. The minimum Gasteiger partial charge on any atom is -0.396 e. The second kappa shape index (κ2) is 6.18. The molecule has 0 radical (unpaired) electrons. The highest BCUT2D eigenvalue weighted by Gasteiger charge is 2.34. The molecule has 1 aliphatic carbocycles. The van der Waals surface area contributed by atoms with Crippen LogP contribution < -0.4 is 0 Å². The Kier molecular flexibility index (Phi) is 4.58. The van der Waals surface area contributed by atoms with Crippen LogP contribution in [0.4, 0.5) is 0 Å². The van der Waals surface area contributed by atoms with Crippen molar-refractivity contribution in [1.29, 1.82) is 0 Å². The van der Waals surface area contributed by atoms with E-state index in [1.54, 1.807) is 4.90 Å². The lowest BCUT2D eigenvalue weighted by Gasteiger charge is -2.37. The van der Waals surface area contributed by atoms with Gasteiger partial charge in [0.15, 0.2) is 0 Å². The molecule has 1 aliphatic heterocycles. The topological polar surface area (TPSA) is 60.9 Å². The van der Waals surface area contributed by atoms with Gasteiger partial charge < -0.3 is 14.9 Å². The summed E-state index contributed by atoms with van der Waals surface area (Å²) in [5.74, 6) is 0.307. The Hall–Kier alpha value is -1.10. The molecule has 5 nitrogen and oxygen atoms in total. The molecule has 0 aromatic heterocycles. The number of hydrogen-bond donors (Lipinski definition) is 1. The minimum absolute atomic E-state index is 0.00784. The average molecular weight is 254 g/mol. The summed E-state index contributed by atoms with van der Waals surface area (Å²) in [7, 11) is 0. The normalized spacial score (nSPS) is 29.2. The Labute approximate surface area is 108 Å². The molecule has 5 heteroatoms. The first-order valence-electron chi connectivity index (χ1n) is 6.85. The fourth-order valence-corrected chi connectivity index (χ4v) is 3.03. The summed E-state index contributed by atoms with van der Waals surface area (Å²) in [5.41, 5.74) is 0. The van der Waals surface area contributed by atoms with E-state index in [1.165, 1.54) is 0 Å². The number of amides is 2. The molecule has 1 saturated carbocycles. The molecule has 0 aromatic carbocycles. The summed E-state index contributed by atoms with van der Waals surface area (Å²) in [5, 5.41) is 9.36. The summed E-state index contributed by atoms with van der Waals surface area (Å²) in [6.45, 7) is 2.64. The first kappa shape index (κ1) is 13.3. The maximum absolute atomic E-state index is 12.4. The van der Waals surface area contributed by atoms with Crippen LogP contribution in [0.5, 0.6) is 0 Å². The molecule has 2 unspecified atom stereocenters. The number of carbonyl (C=O) groups is 2. The van der Waals surface area contributed by atoms with Gasteiger partial charge in [-0.3, -0.25) is 9.59 Å². The third kappa shape index (κ3) is 2.83. The largest absolute Gasteiger partial charge is 0.396 e. The molecule has 0 bridgehead atoms. The van der Waals surface area contributed by atoms with Gasteiger partial charge in [-0.1, -0.05) is 12.8 Å². The van der Waals surface area contributed by atoms with E-state index < -0.39 is 0 Å². The number of nitrogens with zero attached hydrogens (tertiary/aromatic N) is 2. The highest BCUT2D eigenvalue weighted by atomic mass is 16.3. The summed E-state index contributed by atoms with van der Waals surface area (Å²) in [6.07, 6.45) is 4.91. The molecule has 1 saturated heterocycles. The van der Waals surface area contributed by atoms with Crippen molar-refractivity contribution in [3.05, 3.63) is 0 Å². The van der Waals surface area contributed by atoms with E-state index in [-0.39, 0.29) is 24.3 Å². The SMILES string of the molecule is O=CN1CCN(C(=O)C2CCCCC2CO)CC1. The van der Waals surface area contributed by atoms with Crippen molar-refractivity contribution in [2.24, 2.45) is 11.8 Å². The van der Waals surface area contributed by atoms with Gasteiger partial charge >= 0.3 is 0 Å². The Morgan fingerprint density at radius 1 is 1.17 bits per heavy atom. The summed E-state index contributed by atoms with van der Waals surface area (Å²) in [6, 6.07) is 0. The smallest absolute Gasteiger partial charge is 0.226 e. The number of carbonyl (C=O) groups excluding carboxylic acids is 2. The van der Waals surface area contributed by atoms with E-state index in [4.69, 9.17) is 0 Å². The van der Waals surface area contributed by atoms with Crippen molar-refractivity contribution in [3.63, 3.8) is 0 Å². The molecule has 1 heterocycles.